The maximum absolute atomic E-state index is 11.6. The number of hydrogen-bond acceptors (Lipinski definition) is 4. The van der Waals surface area contributed by atoms with Crippen LogP contribution in [0.5, 0.6) is 0 Å². The first-order chi connectivity index (χ1) is 9.99. The van der Waals surface area contributed by atoms with E-state index in [1.54, 1.807) is 6.07 Å². The molecule has 1 heterocycles. The Balaban J connectivity index is 2.11. The number of carbonyl (C=O) groups excluding carboxylic acids is 2. The molecule has 7 heteroatoms. The normalized spacial score (nSPS) is 11.7. The highest BCUT2D eigenvalue weighted by molar-refractivity contribution is 5.94. The van der Waals surface area contributed by atoms with Crippen molar-refractivity contribution >= 4 is 17.8 Å². The van der Waals surface area contributed by atoms with Gasteiger partial charge in [-0.3, -0.25) is 14.4 Å². The highest BCUT2D eigenvalue weighted by Gasteiger charge is 2.09. The Morgan fingerprint density at radius 1 is 1.29 bits per heavy atom. The van der Waals surface area contributed by atoms with Crippen LogP contribution in [0, 0.1) is 5.92 Å². The molecule has 3 N–H and O–H groups in total. The van der Waals surface area contributed by atoms with E-state index in [9.17, 15) is 14.4 Å². The van der Waals surface area contributed by atoms with E-state index < -0.39 is 5.97 Å². The first-order valence-corrected chi connectivity index (χ1v) is 6.78. The van der Waals surface area contributed by atoms with E-state index in [1.165, 1.54) is 12.5 Å². The topological polar surface area (TPSA) is 109 Å². The van der Waals surface area contributed by atoms with Gasteiger partial charge in [-0.15, -0.1) is 0 Å². The Morgan fingerprint density at radius 3 is 2.67 bits per heavy atom. The molecular weight excluding hydrogens is 276 g/mol. The fourth-order valence-corrected chi connectivity index (χ4v) is 1.63. The number of hydrogen-bond donors (Lipinski definition) is 3. The summed E-state index contributed by atoms with van der Waals surface area (Å²) in [6.07, 6.45) is 3.53. The lowest BCUT2D eigenvalue weighted by Crippen LogP contribution is -2.32. The van der Waals surface area contributed by atoms with Gasteiger partial charge in [0.25, 0.3) is 5.91 Å². The molecule has 0 radical (unpaired) electrons. The summed E-state index contributed by atoms with van der Waals surface area (Å²) >= 11 is 0. The van der Waals surface area contributed by atoms with Gasteiger partial charge in [-0.1, -0.05) is 6.92 Å². The lowest BCUT2D eigenvalue weighted by molar-refractivity contribution is -0.137. The standard InChI is InChI=1S/C14H20N2O5/c1-10(2-3-13(18)19)8-16-12(17)4-6-15-14(20)11-5-7-21-9-11/h5,7,9-10H,2-4,6,8H2,1H3,(H,15,20)(H,16,17)(H,18,19). The van der Waals surface area contributed by atoms with E-state index >= 15 is 0 Å². The smallest absolute Gasteiger partial charge is 0.303 e. The summed E-state index contributed by atoms with van der Waals surface area (Å²) in [5.41, 5.74) is 0.415. The number of aliphatic carboxylic acids is 1. The summed E-state index contributed by atoms with van der Waals surface area (Å²) < 4.78 is 4.79. The molecule has 0 bridgehead atoms. The third-order valence-electron chi connectivity index (χ3n) is 2.92. The molecule has 0 saturated carbocycles. The second-order valence-electron chi connectivity index (χ2n) is 4.86. The van der Waals surface area contributed by atoms with Crippen molar-refractivity contribution in [3.05, 3.63) is 24.2 Å². The molecule has 21 heavy (non-hydrogen) atoms. The van der Waals surface area contributed by atoms with Crippen LogP contribution in [-0.4, -0.2) is 36.0 Å². The maximum atomic E-state index is 11.6. The largest absolute Gasteiger partial charge is 0.481 e. The highest BCUT2D eigenvalue weighted by atomic mass is 16.4. The lowest BCUT2D eigenvalue weighted by atomic mass is 10.1. The van der Waals surface area contributed by atoms with Crippen LogP contribution in [0.25, 0.3) is 0 Å². The summed E-state index contributed by atoms with van der Waals surface area (Å²) in [6, 6.07) is 1.54. The van der Waals surface area contributed by atoms with Crippen molar-refractivity contribution in [1.29, 1.82) is 0 Å². The summed E-state index contributed by atoms with van der Waals surface area (Å²) in [4.78, 5) is 33.5. The van der Waals surface area contributed by atoms with E-state index in [0.29, 0.717) is 18.5 Å². The van der Waals surface area contributed by atoms with Gasteiger partial charge in [-0.05, 0) is 18.4 Å². The molecule has 1 rings (SSSR count). The zero-order valence-corrected chi connectivity index (χ0v) is 11.9. The molecule has 0 spiro atoms. The van der Waals surface area contributed by atoms with Crippen molar-refractivity contribution in [2.75, 3.05) is 13.1 Å². The van der Waals surface area contributed by atoms with Gasteiger partial charge in [-0.2, -0.15) is 0 Å². The molecule has 0 aliphatic rings. The van der Waals surface area contributed by atoms with Gasteiger partial charge >= 0.3 is 5.97 Å². The molecule has 0 aromatic carbocycles. The van der Waals surface area contributed by atoms with Crippen LogP contribution < -0.4 is 10.6 Å². The van der Waals surface area contributed by atoms with E-state index in [1.807, 2.05) is 6.92 Å². The van der Waals surface area contributed by atoms with Crippen molar-refractivity contribution in [1.82, 2.24) is 10.6 Å². The Bertz CT molecular complexity index is 470. The average Bonchev–Trinajstić information content (AvgIpc) is 2.97. The van der Waals surface area contributed by atoms with Gasteiger partial charge in [0, 0.05) is 25.9 Å². The van der Waals surface area contributed by atoms with Gasteiger partial charge in [0.15, 0.2) is 0 Å². The molecule has 1 atom stereocenters. The lowest BCUT2D eigenvalue weighted by Gasteiger charge is -2.11. The van der Waals surface area contributed by atoms with Crippen molar-refractivity contribution in [2.45, 2.75) is 26.2 Å². The number of furan rings is 1. The van der Waals surface area contributed by atoms with Crippen LogP contribution in [-0.2, 0) is 9.59 Å². The Kier molecular flexibility index (Phi) is 7.00. The van der Waals surface area contributed by atoms with Gasteiger partial charge < -0.3 is 20.2 Å². The minimum atomic E-state index is -0.838. The third-order valence-corrected chi connectivity index (χ3v) is 2.92. The third kappa shape index (κ3) is 7.14. The zero-order valence-electron chi connectivity index (χ0n) is 11.9. The summed E-state index contributed by atoms with van der Waals surface area (Å²) in [7, 11) is 0. The predicted octanol–water partition coefficient (Wildman–Crippen LogP) is 1.02. The van der Waals surface area contributed by atoms with Crippen LogP contribution in [0.2, 0.25) is 0 Å². The fourth-order valence-electron chi connectivity index (χ4n) is 1.63. The van der Waals surface area contributed by atoms with Gasteiger partial charge in [-0.25, -0.2) is 0 Å². The summed E-state index contributed by atoms with van der Waals surface area (Å²) in [6.45, 7) is 2.55. The quantitative estimate of drug-likeness (QED) is 0.630. The Morgan fingerprint density at radius 2 is 2.05 bits per heavy atom. The number of amides is 2. The Labute approximate surface area is 122 Å². The van der Waals surface area contributed by atoms with Crippen molar-refractivity contribution in [3.8, 4) is 0 Å². The molecule has 116 valence electrons. The molecule has 0 aliphatic heterocycles. The average molecular weight is 296 g/mol. The molecule has 1 aromatic heterocycles. The Hall–Kier alpha value is -2.31. The number of rotatable bonds is 9. The van der Waals surface area contributed by atoms with E-state index in [0.717, 1.165) is 0 Å². The molecule has 1 unspecified atom stereocenters. The number of carbonyl (C=O) groups is 3. The number of carboxylic acid groups (broad SMARTS) is 1. The maximum Gasteiger partial charge on any atom is 0.303 e. The van der Waals surface area contributed by atoms with Crippen LogP contribution in [0.4, 0.5) is 0 Å². The van der Waals surface area contributed by atoms with Gasteiger partial charge in [0.05, 0.1) is 11.8 Å². The first kappa shape index (κ1) is 16.7. The second-order valence-corrected chi connectivity index (χ2v) is 4.86. The molecular formula is C14H20N2O5. The van der Waals surface area contributed by atoms with Crippen LogP contribution in [0.3, 0.4) is 0 Å². The van der Waals surface area contributed by atoms with Crippen molar-refractivity contribution in [2.24, 2.45) is 5.92 Å². The zero-order chi connectivity index (χ0) is 15.7. The minimum absolute atomic E-state index is 0.0950. The van der Waals surface area contributed by atoms with Crippen molar-refractivity contribution < 1.29 is 23.9 Å². The molecule has 0 fully saturated rings. The van der Waals surface area contributed by atoms with Crippen molar-refractivity contribution in [3.63, 3.8) is 0 Å². The minimum Gasteiger partial charge on any atom is -0.481 e. The first-order valence-electron chi connectivity index (χ1n) is 6.78. The van der Waals surface area contributed by atoms with E-state index in [2.05, 4.69) is 10.6 Å². The molecule has 0 saturated heterocycles. The number of nitrogens with one attached hydrogen (secondary N) is 2. The van der Waals surface area contributed by atoms with Crippen LogP contribution in [0.1, 0.15) is 36.5 Å². The highest BCUT2D eigenvalue weighted by Crippen LogP contribution is 2.03. The molecule has 0 aliphatic carbocycles. The monoisotopic (exact) mass is 296 g/mol. The fraction of sp³-hybridized carbons (Fsp3) is 0.500. The van der Waals surface area contributed by atoms with Gasteiger partial charge in [0.2, 0.25) is 5.91 Å². The summed E-state index contributed by atoms with van der Waals surface area (Å²) in [5.74, 6) is -1.20. The van der Waals surface area contributed by atoms with E-state index in [4.69, 9.17) is 9.52 Å². The van der Waals surface area contributed by atoms with E-state index in [-0.39, 0.29) is 37.1 Å². The molecule has 2 amide bonds. The van der Waals surface area contributed by atoms with Gasteiger partial charge in [0.1, 0.15) is 6.26 Å². The molecule has 7 nitrogen and oxygen atoms in total. The SMILES string of the molecule is CC(CCC(=O)O)CNC(=O)CCNC(=O)c1ccoc1. The second kappa shape index (κ2) is 8.78. The van der Waals surface area contributed by atoms with Crippen LogP contribution >= 0.6 is 0 Å². The number of carboxylic acids is 1. The summed E-state index contributed by atoms with van der Waals surface area (Å²) in [5, 5.41) is 13.9. The molecule has 1 aromatic rings. The predicted molar refractivity (Wildman–Crippen MR) is 74.7 cm³/mol. The van der Waals surface area contributed by atoms with Crippen LogP contribution in [0.15, 0.2) is 23.0 Å².